The van der Waals surface area contributed by atoms with Gasteiger partial charge in [-0.05, 0) is 76.2 Å². The summed E-state index contributed by atoms with van der Waals surface area (Å²) in [5, 5.41) is 5.01. The third kappa shape index (κ3) is 7.87. The van der Waals surface area contributed by atoms with Crippen LogP contribution in [-0.2, 0) is 9.53 Å². The quantitative estimate of drug-likeness (QED) is 0.240. The van der Waals surface area contributed by atoms with Crippen molar-refractivity contribution in [2.75, 3.05) is 62.7 Å². The molecule has 1 saturated heterocycles. The predicted molar refractivity (Wildman–Crippen MR) is 195 cm³/mol. The molecule has 0 bridgehead atoms. The summed E-state index contributed by atoms with van der Waals surface area (Å²) in [5.41, 5.74) is 0.787. The largest absolute Gasteiger partial charge is 0.497 e. The second-order valence-corrected chi connectivity index (χ2v) is 12.6. The van der Waals surface area contributed by atoms with Gasteiger partial charge in [-0.1, -0.05) is 12.1 Å². The van der Waals surface area contributed by atoms with Crippen LogP contribution >= 0.6 is 0 Å². The number of hydrogen-bond donors (Lipinski definition) is 1. The second kappa shape index (κ2) is 16.0. The second-order valence-electron chi connectivity index (χ2n) is 12.6. The Hall–Kier alpha value is -5.86. The summed E-state index contributed by atoms with van der Waals surface area (Å²) >= 11 is 0. The van der Waals surface area contributed by atoms with Gasteiger partial charge in [0.1, 0.15) is 23.4 Å². The third-order valence-corrected chi connectivity index (χ3v) is 8.91. The van der Waals surface area contributed by atoms with Crippen LogP contribution in [0.4, 0.5) is 25.4 Å². The molecule has 15 heteroatoms. The summed E-state index contributed by atoms with van der Waals surface area (Å²) < 4.78 is 31.6. The van der Waals surface area contributed by atoms with Gasteiger partial charge in [0.05, 0.1) is 56.0 Å². The van der Waals surface area contributed by atoms with Crippen LogP contribution in [0.2, 0.25) is 0 Å². The number of para-hydroxylation sites is 1. The minimum absolute atomic E-state index is 0.250. The van der Waals surface area contributed by atoms with Crippen molar-refractivity contribution in [3.8, 4) is 11.5 Å². The van der Waals surface area contributed by atoms with Crippen LogP contribution in [0, 0.1) is 5.82 Å². The van der Waals surface area contributed by atoms with Crippen molar-refractivity contribution in [3.05, 3.63) is 88.7 Å². The summed E-state index contributed by atoms with van der Waals surface area (Å²) in [4.78, 5) is 63.8. The van der Waals surface area contributed by atoms with Crippen molar-refractivity contribution < 1.29 is 33.0 Å². The molecule has 14 nitrogen and oxygen atoms in total. The van der Waals surface area contributed by atoms with E-state index in [4.69, 9.17) is 19.2 Å². The fraction of sp³-hybridized carbons (Fsp3) is 0.378. The Labute approximate surface area is 301 Å². The number of hydrogen-bond acceptors (Lipinski definition) is 9. The lowest BCUT2D eigenvalue weighted by Crippen LogP contribution is -2.59. The summed E-state index contributed by atoms with van der Waals surface area (Å²) in [5.74, 6) is 0.355. The van der Waals surface area contributed by atoms with E-state index in [-0.39, 0.29) is 49.6 Å². The Kier molecular flexibility index (Phi) is 11.5. The van der Waals surface area contributed by atoms with Gasteiger partial charge >= 0.3 is 12.1 Å². The molecule has 5 rings (SSSR count). The van der Waals surface area contributed by atoms with Crippen LogP contribution < -0.4 is 30.3 Å². The number of benzene rings is 3. The molecule has 4 aromatic rings. The smallest absolute Gasteiger partial charge is 0.410 e. The average molecular weight is 718 g/mol. The lowest BCUT2D eigenvalue weighted by atomic mass is 10.1. The predicted octanol–water partition coefficient (Wildman–Crippen LogP) is 5.00. The van der Waals surface area contributed by atoms with E-state index < -0.39 is 30.0 Å². The van der Waals surface area contributed by atoms with Crippen molar-refractivity contribution in [2.24, 2.45) is 0 Å². The van der Waals surface area contributed by atoms with Gasteiger partial charge in [-0.15, -0.1) is 0 Å². The number of carbonyl (C=O) groups excluding carboxylic acids is 3. The number of nitrogens with one attached hydrogen (secondary N) is 1. The maximum Gasteiger partial charge on any atom is 0.410 e. The molecule has 0 aliphatic carbocycles. The van der Waals surface area contributed by atoms with E-state index in [2.05, 4.69) is 5.32 Å². The molecule has 1 aromatic heterocycles. The van der Waals surface area contributed by atoms with Gasteiger partial charge in [-0.2, -0.15) is 0 Å². The van der Waals surface area contributed by atoms with Crippen LogP contribution in [0.15, 0.2) is 71.5 Å². The SMILES string of the molecule is COc1ccc(N(C(=O)Nc2ccc(F)cc2)C(C)c2nc3ccccc3c(=O)n2N2CCN(C(=O)C(C)N(C)C(=O)OC(C)C)CC2)c(OC)c1. The van der Waals surface area contributed by atoms with Crippen LogP contribution in [0.3, 0.4) is 0 Å². The number of aromatic nitrogens is 2. The summed E-state index contributed by atoms with van der Waals surface area (Å²) in [6.07, 6.45) is -0.926. The summed E-state index contributed by atoms with van der Waals surface area (Å²) in [7, 11) is 4.50. The molecule has 0 saturated carbocycles. The van der Waals surface area contributed by atoms with Crippen LogP contribution in [0.25, 0.3) is 10.9 Å². The summed E-state index contributed by atoms with van der Waals surface area (Å²) in [6.45, 7) is 7.88. The fourth-order valence-electron chi connectivity index (χ4n) is 5.98. The Morgan fingerprint density at radius 3 is 2.21 bits per heavy atom. The van der Waals surface area contributed by atoms with Gasteiger partial charge in [-0.3, -0.25) is 19.4 Å². The van der Waals surface area contributed by atoms with E-state index >= 15 is 0 Å². The number of likely N-dealkylation sites (N-methyl/N-ethyl adjacent to an activating group) is 1. The third-order valence-electron chi connectivity index (χ3n) is 8.91. The Balaban J connectivity index is 1.53. The van der Waals surface area contributed by atoms with Crippen molar-refractivity contribution in [1.29, 1.82) is 0 Å². The highest BCUT2D eigenvalue weighted by Crippen LogP contribution is 2.37. The lowest BCUT2D eigenvalue weighted by molar-refractivity contribution is -0.136. The van der Waals surface area contributed by atoms with E-state index in [0.717, 1.165) is 0 Å². The van der Waals surface area contributed by atoms with Crippen molar-refractivity contribution in [1.82, 2.24) is 19.5 Å². The number of anilines is 2. The first-order chi connectivity index (χ1) is 24.8. The molecular weight excluding hydrogens is 673 g/mol. The van der Waals surface area contributed by atoms with Crippen molar-refractivity contribution in [2.45, 2.75) is 45.9 Å². The lowest BCUT2D eigenvalue weighted by Gasteiger charge is -2.40. The average Bonchev–Trinajstić information content (AvgIpc) is 3.14. The number of methoxy groups -OCH3 is 2. The molecule has 52 heavy (non-hydrogen) atoms. The molecule has 1 aliphatic rings. The molecule has 2 heterocycles. The Bertz CT molecular complexity index is 1980. The normalized spacial score (nSPS) is 14.1. The zero-order valence-electron chi connectivity index (χ0n) is 30.3. The van der Waals surface area contributed by atoms with E-state index in [0.29, 0.717) is 33.8 Å². The Morgan fingerprint density at radius 2 is 1.58 bits per heavy atom. The molecule has 0 radical (unpaired) electrons. The highest BCUT2D eigenvalue weighted by molar-refractivity contribution is 6.03. The minimum atomic E-state index is -0.889. The molecule has 2 unspecified atom stereocenters. The fourth-order valence-corrected chi connectivity index (χ4v) is 5.98. The maximum absolute atomic E-state index is 14.3. The molecule has 276 valence electrons. The minimum Gasteiger partial charge on any atom is -0.497 e. The van der Waals surface area contributed by atoms with Crippen LogP contribution in [0.1, 0.15) is 39.6 Å². The van der Waals surface area contributed by atoms with Crippen LogP contribution in [0.5, 0.6) is 11.5 Å². The highest BCUT2D eigenvalue weighted by Gasteiger charge is 2.34. The van der Waals surface area contributed by atoms with Gasteiger partial charge < -0.3 is 29.4 Å². The zero-order chi connectivity index (χ0) is 37.7. The first kappa shape index (κ1) is 37.4. The molecule has 4 amide bonds. The van der Waals surface area contributed by atoms with Crippen molar-refractivity contribution >= 4 is 40.3 Å². The maximum atomic E-state index is 14.3. The van der Waals surface area contributed by atoms with Gasteiger partial charge in [0.2, 0.25) is 5.91 Å². The van der Waals surface area contributed by atoms with Crippen molar-refractivity contribution in [3.63, 3.8) is 0 Å². The zero-order valence-corrected chi connectivity index (χ0v) is 30.3. The molecule has 2 atom stereocenters. The number of fused-ring (bicyclic) bond motifs is 1. The number of amides is 4. The molecule has 0 spiro atoms. The van der Waals surface area contributed by atoms with Crippen LogP contribution in [-0.4, -0.2) is 97.1 Å². The molecule has 1 fully saturated rings. The van der Waals surface area contributed by atoms with E-state index in [1.165, 1.54) is 60.0 Å². The van der Waals surface area contributed by atoms with Gasteiger partial charge in [0, 0.05) is 31.9 Å². The Morgan fingerprint density at radius 1 is 0.904 bits per heavy atom. The summed E-state index contributed by atoms with van der Waals surface area (Å²) in [6, 6.07) is 15.0. The first-order valence-corrected chi connectivity index (χ1v) is 16.9. The number of ether oxygens (including phenoxy) is 3. The van der Waals surface area contributed by atoms with Gasteiger partial charge in [-0.25, -0.2) is 23.6 Å². The number of urea groups is 1. The van der Waals surface area contributed by atoms with Gasteiger partial charge in [0.15, 0.2) is 5.82 Å². The molecule has 1 N–H and O–H groups in total. The topological polar surface area (TPSA) is 139 Å². The number of nitrogens with zero attached hydrogens (tertiary/aromatic N) is 6. The molecular formula is C37H44FN7O7. The highest BCUT2D eigenvalue weighted by atomic mass is 19.1. The molecule has 3 aromatic carbocycles. The number of rotatable bonds is 10. The van der Waals surface area contributed by atoms with E-state index in [9.17, 15) is 23.6 Å². The molecule has 1 aliphatic heterocycles. The van der Waals surface area contributed by atoms with E-state index in [1.54, 1.807) is 80.1 Å². The monoisotopic (exact) mass is 717 g/mol. The first-order valence-electron chi connectivity index (χ1n) is 16.9. The van der Waals surface area contributed by atoms with E-state index in [1.807, 2.05) is 0 Å². The number of carbonyl (C=O) groups is 3. The number of halogens is 1. The number of piperazine rings is 1. The van der Waals surface area contributed by atoms with Gasteiger partial charge in [0.25, 0.3) is 5.56 Å². The standard InChI is InChI=1S/C37H44FN7O7/c1-23(2)52-37(49)41(5)25(4)34(46)42-18-20-43(21-19-42)45-33(40-30-11-9-8-10-29(30)35(45)47)24(3)44(31-17-16-28(50-6)22-32(31)51-7)36(48)39-27-14-12-26(38)13-15-27/h8-17,22-25H,18-21H2,1-7H3,(H,39,48).